The van der Waals surface area contributed by atoms with Crippen molar-refractivity contribution >= 4 is 21.6 Å². The van der Waals surface area contributed by atoms with Crippen molar-refractivity contribution in [2.75, 3.05) is 24.5 Å². The second kappa shape index (κ2) is 10.6. The Labute approximate surface area is 183 Å². The molecule has 0 saturated carbocycles. The fraction of sp³-hybridized carbons (Fsp3) is 0.208. The molecule has 0 fully saturated rings. The number of ether oxygens (including phenoxy) is 1. The average Bonchev–Trinajstić information content (AvgIpc) is 2.81. The maximum Gasteiger partial charge on any atom is 0.264 e. The molecule has 0 unspecified atom stereocenters. The van der Waals surface area contributed by atoms with Gasteiger partial charge >= 0.3 is 0 Å². The van der Waals surface area contributed by atoms with Crippen molar-refractivity contribution < 1.29 is 17.9 Å². The topological polar surface area (TPSA) is 75.7 Å². The van der Waals surface area contributed by atoms with Crippen molar-refractivity contribution in [2.24, 2.45) is 0 Å². The summed E-state index contributed by atoms with van der Waals surface area (Å²) in [5.41, 5.74) is 1.56. The van der Waals surface area contributed by atoms with Crippen molar-refractivity contribution in [3.8, 4) is 5.75 Å². The summed E-state index contributed by atoms with van der Waals surface area (Å²) in [6.07, 6.45) is 1.60. The van der Waals surface area contributed by atoms with Crippen LogP contribution in [0.15, 0.2) is 89.8 Å². The van der Waals surface area contributed by atoms with Gasteiger partial charge in [0.15, 0.2) is 0 Å². The van der Waals surface area contributed by atoms with E-state index in [4.69, 9.17) is 4.74 Å². The first-order valence-corrected chi connectivity index (χ1v) is 11.5. The summed E-state index contributed by atoms with van der Waals surface area (Å²) in [7, 11) is -2.42. The normalized spacial score (nSPS) is 11.0. The van der Waals surface area contributed by atoms with Crippen molar-refractivity contribution in [2.45, 2.75) is 17.7 Å². The van der Waals surface area contributed by atoms with Crippen LogP contribution in [0.4, 0.5) is 5.69 Å². The third kappa shape index (κ3) is 6.08. The van der Waals surface area contributed by atoms with Gasteiger partial charge < -0.3 is 10.1 Å². The lowest BCUT2D eigenvalue weighted by Crippen LogP contribution is -2.41. The van der Waals surface area contributed by atoms with Gasteiger partial charge in [-0.05, 0) is 42.7 Å². The van der Waals surface area contributed by atoms with Crippen LogP contribution in [-0.2, 0) is 21.2 Å². The van der Waals surface area contributed by atoms with Gasteiger partial charge in [0.25, 0.3) is 10.0 Å². The Morgan fingerprint density at radius 2 is 1.61 bits per heavy atom. The number of sulfonamides is 1. The van der Waals surface area contributed by atoms with E-state index in [2.05, 4.69) is 5.32 Å². The summed E-state index contributed by atoms with van der Waals surface area (Å²) in [4.78, 5) is 12.7. The van der Waals surface area contributed by atoms with Gasteiger partial charge in [0.1, 0.15) is 12.3 Å². The van der Waals surface area contributed by atoms with Crippen molar-refractivity contribution in [3.05, 3.63) is 90.5 Å². The monoisotopic (exact) mass is 438 g/mol. The second-order valence-corrected chi connectivity index (χ2v) is 8.83. The van der Waals surface area contributed by atoms with Crippen LogP contribution in [0.2, 0.25) is 0 Å². The lowest BCUT2D eigenvalue weighted by atomic mass is 10.1. The molecule has 1 N–H and O–H groups in total. The molecular weight excluding hydrogens is 412 g/mol. The van der Waals surface area contributed by atoms with E-state index >= 15 is 0 Å². The van der Waals surface area contributed by atoms with Crippen LogP contribution in [0.1, 0.15) is 12.0 Å². The predicted octanol–water partition coefficient (Wildman–Crippen LogP) is 3.64. The van der Waals surface area contributed by atoms with E-state index in [1.807, 2.05) is 30.3 Å². The molecule has 0 aromatic heterocycles. The molecule has 0 aliphatic rings. The number of aryl methyl sites for hydroxylation is 1. The van der Waals surface area contributed by atoms with E-state index in [0.29, 0.717) is 18.0 Å². The van der Waals surface area contributed by atoms with E-state index in [1.54, 1.807) is 42.5 Å². The third-order valence-electron chi connectivity index (χ3n) is 4.77. The SMILES string of the molecule is COc1cccc(N(CC(=O)NCCCc2ccccc2)S(=O)(=O)c2ccccc2)c1. The third-order valence-corrected chi connectivity index (χ3v) is 6.56. The molecule has 0 saturated heterocycles. The van der Waals surface area contributed by atoms with Gasteiger partial charge in [0, 0.05) is 12.6 Å². The number of carbonyl (C=O) groups is 1. The molecule has 162 valence electrons. The van der Waals surface area contributed by atoms with Crippen LogP contribution in [-0.4, -0.2) is 34.5 Å². The number of hydrogen-bond acceptors (Lipinski definition) is 4. The van der Waals surface area contributed by atoms with Gasteiger partial charge in [0.2, 0.25) is 5.91 Å². The molecule has 7 heteroatoms. The molecule has 0 atom stereocenters. The first kappa shape index (κ1) is 22.4. The first-order valence-electron chi connectivity index (χ1n) is 10.0. The molecule has 0 bridgehead atoms. The summed E-state index contributed by atoms with van der Waals surface area (Å²) in [6.45, 7) is 0.140. The van der Waals surface area contributed by atoms with Crippen molar-refractivity contribution in [3.63, 3.8) is 0 Å². The number of carbonyl (C=O) groups excluding carboxylic acids is 1. The molecule has 3 rings (SSSR count). The Morgan fingerprint density at radius 1 is 0.935 bits per heavy atom. The van der Waals surface area contributed by atoms with E-state index in [-0.39, 0.29) is 17.3 Å². The van der Waals surface area contributed by atoms with Crippen LogP contribution in [0.5, 0.6) is 5.75 Å². The molecular formula is C24H26N2O4S. The van der Waals surface area contributed by atoms with Gasteiger partial charge in [0.05, 0.1) is 17.7 Å². The minimum Gasteiger partial charge on any atom is -0.497 e. The predicted molar refractivity (Wildman–Crippen MR) is 122 cm³/mol. The average molecular weight is 439 g/mol. The zero-order chi connectivity index (χ0) is 22.1. The first-order chi connectivity index (χ1) is 15.0. The van der Waals surface area contributed by atoms with Gasteiger partial charge in [-0.15, -0.1) is 0 Å². The summed E-state index contributed by atoms with van der Waals surface area (Å²) >= 11 is 0. The molecule has 0 radical (unpaired) electrons. The number of nitrogens with zero attached hydrogens (tertiary/aromatic N) is 1. The Hall–Kier alpha value is -3.32. The maximum atomic E-state index is 13.3. The zero-order valence-corrected chi connectivity index (χ0v) is 18.2. The smallest absolute Gasteiger partial charge is 0.264 e. The van der Waals surface area contributed by atoms with Crippen LogP contribution < -0.4 is 14.4 Å². The van der Waals surface area contributed by atoms with Crippen molar-refractivity contribution in [1.29, 1.82) is 0 Å². The minimum atomic E-state index is -3.93. The van der Waals surface area contributed by atoms with Crippen molar-refractivity contribution in [1.82, 2.24) is 5.32 Å². The number of rotatable bonds is 10. The van der Waals surface area contributed by atoms with Crippen LogP contribution in [0.3, 0.4) is 0 Å². The summed E-state index contributed by atoms with van der Waals surface area (Å²) in [5.74, 6) is 0.143. The lowest BCUT2D eigenvalue weighted by molar-refractivity contribution is -0.119. The second-order valence-electron chi connectivity index (χ2n) is 6.97. The Morgan fingerprint density at radius 3 is 2.29 bits per heavy atom. The number of anilines is 1. The Kier molecular flexibility index (Phi) is 7.67. The fourth-order valence-electron chi connectivity index (χ4n) is 3.15. The highest BCUT2D eigenvalue weighted by molar-refractivity contribution is 7.92. The highest BCUT2D eigenvalue weighted by atomic mass is 32.2. The molecule has 0 spiro atoms. The molecule has 6 nitrogen and oxygen atoms in total. The fourth-order valence-corrected chi connectivity index (χ4v) is 4.59. The standard InChI is InChI=1S/C24H26N2O4S/c1-30-22-14-8-13-21(18-22)26(31(28,29)23-15-6-3-7-16-23)19-24(27)25-17-9-12-20-10-4-2-5-11-20/h2-8,10-11,13-16,18H,9,12,17,19H2,1H3,(H,25,27). The van der Waals surface area contributed by atoms with Gasteiger partial charge in [-0.2, -0.15) is 0 Å². The zero-order valence-electron chi connectivity index (χ0n) is 17.4. The van der Waals surface area contributed by atoms with E-state index in [1.165, 1.54) is 24.8 Å². The lowest BCUT2D eigenvalue weighted by Gasteiger charge is -2.24. The van der Waals surface area contributed by atoms with Crippen LogP contribution >= 0.6 is 0 Å². The number of amides is 1. The number of methoxy groups -OCH3 is 1. The summed E-state index contributed by atoms with van der Waals surface area (Å²) in [5, 5.41) is 2.83. The quantitative estimate of drug-likeness (QED) is 0.491. The number of benzene rings is 3. The highest BCUT2D eigenvalue weighted by Gasteiger charge is 2.27. The molecule has 31 heavy (non-hydrogen) atoms. The van der Waals surface area contributed by atoms with Gasteiger partial charge in [-0.25, -0.2) is 8.42 Å². The maximum absolute atomic E-state index is 13.3. The summed E-state index contributed by atoms with van der Waals surface area (Å²) in [6, 6.07) is 24.7. The number of nitrogens with one attached hydrogen (secondary N) is 1. The minimum absolute atomic E-state index is 0.120. The Bertz CT molecular complexity index is 1090. The summed E-state index contributed by atoms with van der Waals surface area (Å²) < 4.78 is 32.9. The largest absolute Gasteiger partial charge is 0.497 e. The molecule has 1 amide bonds. The van der Waals surface area contributed by atoms with E-state index in [0.717, 1.165) is 17.1 Å². The molecule has 0 heterocycles. The van der Waals surface area contributed by atoms with E-state index < -0.39 is 10.0 Å². The van der Waals surface area contributed by atoms with E-state index in [9.17, 15) is 13.2 Å². The molecule has 3 aromatic rings. The highest BCUT2D eigenvalue weighted by Crippen LogP contribution is 2.26. The number of hydrogen-bond donors (Lipinski definition) is 1. The Balaban J connectivity index is 1.72. The molecule has 0 aliphatic heterocycles. The molecule has 3 aromatic carbocycles. The van der Waals surface area contributed by atoms with Crippen LogP contribution in [0, 0.1) is 0 Å². The van der Waals surface area contributed by atoms with Crippen LogP contribution in [0.25, 0.3) is 0 Å². The molecule has 0 aliphatic carbocycles. The van der Waals surface area contributed by atoms with Gasteiger partial charge in [-0.3, -0.25) is 9.10 Å². The van der Waals surface area contributed by atoms with Gasteiger partial charge in [-0.1, -0.05) is 54.6 Å².